The molecule has 0 fully saturated rings. The van der Waals surface area contributed by atoms with Crippen LogP contribution in [-0.4, -0.2) is 36.3 Å². The van der Waals surface area contributed by atoms with Crippen LogP contribution in [0.3, 0.4) is 0 Å². The van der Waals surface area contributed by atoms with Crippen LogP contribution >= 0.6 is 11.8 Å². The van der Waals surface area contributed by atoms with Gasteiger partial charge in [0.05, 0.1) is 0 Å². The summed E-state index contributed by atoms with van der Waals surface area (Å²) in [4.78, 5) is 9.87. The second-order valence-corrected chi connectivity index (χ2v) is 6.70. The molecule has 0 saturated heterocycles. The van der Waals surface area contributed by atoms with E-state index in [1.54, 1.807) is 7.05 Å². The van der Waals surface area contributed by atoms with Crippen LogP contribution in [0.4, 0.5) is 0 Å². The van der Waals surface area contributed by atoms with E-state index in [9.17, 15) is 0 Å². The van der Waals surface area contributed by atoms with Gasteiger partial charge >= 0.3 is 0 Å². The lowest BCUT2D eigenvalue weighted by molar-refractivity contribution is 0.773. The van der Waals surface area contributed by atoms with Gasteiger partial charge in [0.1, 0.15) is 0 Å². The van der Waals surface area contributed by atoms with Crippen molar-refractivity contribution in [1.29, 1.82) is 0 Å². The smallest absolute Gasteiger partial charge is 0.191 e. The van der Waals surface area contributed by atoms with Crippen LogP contribution in [0, 0.1) is 0 Å². The molecule has 5 heteroatoms. The Kier molecular flexibility index (Phi) is 7.46. The molecular formula is C18H24N4S. The van der Waals surface area contributed by atoms with Crippen LogP contribution in [0.1, 0.15) is 12.6 Å². The molecule has 2 rings (SSSR count). The third-order valence-electron chi connectivity index (χ3n) is 3.26. The Morgan fingerprint density at radius 1 is 1.13 bits per heavy atom. The fourth-order valence-electron chi connectivity index (χ4n) is 2.09. The van der Waals surface area contributed by atoms with Gasteiger partial charge in [0, 0.05) is 48.6 Å². The van der Waals surface area contributed by atoms with Crippen molar-refractivity contribution in [3.05, 3.63) is 60.4 Å². The minimum atomic E-state index is 0.465. The minimum Gasteiger partial charge on any atom is -0.356 e. The highest BCUT2D eigenvalue weighted by molar-refractivity contribution is 8.00. The van der Waals surface area contributed by atoms with Gasteiger partial charge in [-0.25, -0.2) is 0 Å². The van der Waals surface area contributed by atoms with E-state index in [0.29, 0.717) is 5.25 Å². The first-order valence-electron chi connectivity index (χ1n) is 7.84. The molecule has 0 aliphatic heterocycles. The zero-order valence-corrected chi connectivity index (χ0v) is 14.5. The average Bonchev–Trinajstić information content (AvgIpc) is 2.59. The average molecular weight is 328 g/mol. The van der Waals surface area contributed by atoms with Crippen molar-refractivity contribution >= 4 is 17.7 Å². The Hall–Kier alpha value is -2.01. The maximum atomic E-state index is 4.32. The fraction of sp³-hybridized carbons (Fsp3) is 0.333. The van der Waals surface area contributed by atoms with Crippen molar-refractivity contribution in [2.24, 2.45) is 4.99 Å². The first-order valence-corrected chi connectivity index (χ1v) is 8.72. The van der Waals surface area contributed by atoms with Gasteiger partial charge in [-0.05, 0) is 24.3 Å². The molecule has 2 N–H and O–H groups in total. The highest BCUT2D eigenvalue weighted by Gasteiger charge is 2.05. The van der Waals surface area contributed by atoms with E-state index in [-0.39, 0.29) is 0 Å². The number of hydrogen-bond acceptors (Lipinski definition) is 3. The lowest BCUT2D eigenvalue weighted by Gasteiger charge is -2.15. The number of thioether (sulfide) groups is 1. The van der Waals surface area contributed by atoms with Gasteiger partial charge < -0.3 is 10.6 Å². The molecule has 1 atom stereocenters. The largest absolute Gasteiger partial charge is 0.356 e. The van der Waals surface area contributed by atoms with Crippen LogP contribution in [0.15, 0.2) is 64.6 Å². The Balaban J connectivity index is 1.68. The number of benzene rings is 1. The summed E-state index contributed by atoms with van der Waals surface area (Å²) in [7, 11) is 1.80. The fourth-order valence-corrected chi connectivity index (χ4v) is 3.03. The number of guanidine groups is 1. The molecule has 0 bridgehead atoms. The van der Waals surface area contributed by atoms with Gasteiger partial charge in [-0.2, -0.15) is 0 Å². The third-order valence-corrected chi connectivity index (χ3v) is 4.37. The van der Waals surface area contributed by atoms with Gasteiger partial charge in [0.25, 0.3) is 0 Å². The van der Waals surface area contributed by atoms with E-state index in [0.717, 1.165) is 31.2 Å². The number of hydrogen-bond donors (Lipinski definition) is 2. The second-order valence-electron chi connectivity index (χ2n) is 5.19. The quantitative estimate of drug-likeness (QED) is 0.466. The SMILES string of the molecule is CN=C(NCCc1ccccn1)NCC(C)Sc1ccccc1. The van der Waals surface area contributed by atoms with Crippen LogP contribution in [0.2, 0.25) is 0 Å². The molecular weight excluding hydrogens is 304 g/mol. The first kappa shape index (κ1) is 17.3. The first-order chi connectivity index (χ1) is 11.3. The number of aromatic nitrogens is 1. The molecule has 0 aliphatic carbocycles. The maximum Gasteiger partial charge on any atom is 0.191 e. The Morgan fingerprint density at radius 3 is 2.61 bits per heavy atom. The molecule has 0 spiro atoms. The summed E-state index contributed by atoms with van der Waals surface area (Å²) in [5.74, 6) is 0.835. The molecule has 1 aromatic heterocycles. The molecule has 4 nitrogen and oxygen atoms in total. The van der Waals surface area contributed by atoms with Crippen molar-refractivity contribution in [3.8, 4) is 0 Å². The number of nitrogens with one attached hydrogen (secondary N) is 2. The summed E-state index contributed by atoms with van der Waals surface area (Å²) in [6, 6.07) is 16.4. The Labute approximate surface area is 142 Å². The molecule has 23 heavy (non-hydrogen) atoms. The van der Waals surface area contributed by atoms with Crippen molar-refractivity contribution in [2.75, 3.05) is 20.1 Å². The summed E-state index contributed by atoms with van der Waals surface area (Å²) >= 11 is 1.86. The highest BCUT2D eigenvalue weighted by Crippen LogP contribution is 2.21. The van der Waals surface area contributed by atoms with E-state index < -0.39 is 0 Å². The molecule has 0 aliphatic rings. The highest BCUT2D eigenvalue weighted by atomic mass is 32.2. The lowest BCUT2D eigenvalue weighted by atomic mass is 10.3. The predicted molar refractivity (Wildman–Crippen MR) is 99.1 cm³/mol. The predicted octanol–water partition coefficient (Wildman–Crippen LogP) is 2.97. The monoisotopic (exact) mass is 328 g/mol. The van der Waals surface area contributed by atoms with Crippen LogP contribution in [-0.2, 0) is 6.42 Å². The van der Waals surface area contributed by atoms with Gasteiger partial charge in [0.2, 0.25) is 0 Å². The summed E-state index contributed by atoms with van der Waals surface area (Å²) in [6.45, 7) is 3.89. The zero-order chi connectivity index (χ0) is 16.3. The number of pyridine rings is 1. The molecule has 1 heterocycles. The molecule has 0 radical (unpaired) electrons. The van der Waals surface area contributed by atoms with Crippen molar-refractivity contribution in [3.63, 3.8) is 0 Å². The molecule has 1 aromatic carbocycles. The lowest BCUT2D eigenvalue weighted by Crippen LogP contribution is -2.40. The minimum absolute atomic E-state index is 0.465. The molecule has 0 saturated carbocycles. The number of nitrogens with zero attached hydrogens (tertiary/aromatic N) is 2. The van der Waals surface area contributed by atoms with E-state index in [4.69, 9.17) is 0 Å². The summed E-state index contributed by atoms with van der Waals surface area (Å²) < 4.78 is 0. The topological polar surface area (TPSA) is 49.3 Å². The van der Waals surface area contributed by atoms with E-state index in [1.807, 2.05) is 42.2 Å². The van der Waals surface area contributed by atoms with Gasteiger partial charge in [-0.15, -0.1) is 11.8 Å². The number of rotatable bonds is 7. The second kappa shape index (κ2) is 9.90. The van der Waals surface area contributed by atoms with Gasteiger partial charge in [-0.1, -0.05) is 31.2 Å². The van der Waals surface area contributed by atoms with Crippen molar-refractivity contribution < 1.29 is 0 Å². The van der Waals surface area contributed by atoms with Gasteiger partial charge in [-0.3, -0.25) is 9.98 Å². The number of aliphatic imine (C=N–C) groups is 1. The summed E-state index contributed by atoms with van der Waals surface area (Å²) in [5, 5.41) is 7.16. The molecule has 0 amide bonds. The Morgan fingerprint density at radius 2 is 1.91 bits per heavy atom. The molecule has 1 unspecified atom stereocenters. The van der Waals surface area contributed by atoms with E-state index in [1.165, 1.54) is 4.90 Å². The molecule has 122 valence electrons. The summed E-state index contributed by atoms with van der Waals surface area (Å²) in [6.07, 6.45) is 2.71. The van der Waals surface area contributed by atoms with Crippen LogP contribution in [0.5, 0.6) is 0 Å². The van der Waals surface area contributed by atoms with Crippen LogP contribution < -0.4 is 10.6 Å². The van der Waals surface area contributed by atoms with E-state index >= 15 is 0 Å². The normalized spacial score (nSPS) is 12.7. The van der Waals surface area contributed by atoms with Crippen molar-refractivity contribution in [1.82, 2.24) is 15.6 Å². The Bertz CT molecular complexity index is 586. The standard InChI is InChI=1S/C18H24N4S/c1-15(23-17-9-4-3-5-10-17)14-22-18(19-2)21-13-11-16-8-6-7-12-20-16/h3-10,12,15H,11,13-14H2,1-2H3,(H2,19,21,22). The maximum absolute atomic E-state index is 4.32. The third kappa shape index (κ3) is 6.74. The van der Waals surface area contributed by atoms with Crippen molar-refractivity contribution in [2.45, 2.75) is 23.5 Å². The molecule has 2 aromatic rings. The van der Waals surface area contributed by atoms with E-state index in [2.05, 4.69) is 51.8 Å². The van der Waals surface area contributed by atoms with Gasteiger partial charge in [0.15, 0.2) is 5.96 Å². The summed E-state index contributed by atoms with van der Waals surface area (Å²) in [5.41, 5.74) is 1.09. The van der Waals surface area contributed by atoms with Crippen LogP contribution in [0.25, 0.3) is 0 Å². The zero-order valence-electron chi connectivity index (χ0n) is 13.7.